The number of nitrogens with one attached hydrogen (secondary N) is 1. The molecule has 0 aliphatic rings. The molecule has 2 aromatic rings. The van der Waals surface area contributed by atoms with Crippen molar-refractivity contribution in [2.24, 2.45) is 0 Å². The molecular formula is C5H4ClN3S. The highest BCUT2D eigenvalue weighted by Crippen LogP contribution is 2.31. The van der Waals surface area contributed by atoms with Gasteiger partial charge in [-0.15, -0.1) is 11.3 Å². The highest BCUT2D eigenvalue weighted by molar-refractivity contribution is 7.23. The van der Waals surface area contributed by atoms with Crippen molar-refractivity contribution in [2.45, 2.75) is 0 Å². The fraction of sp³-hybridized carbons (Fsp3) is 0. The Morgan fingerprint density at radius 2 is 2.50 bits per heavy atom. The van der Waals surface area contributed by atoms with Gasteiger partial charge in [-0.05, 0) is 6.07 Å². The first-order valence-corrected chi connectivity index (χ1v) is 3.85. The molecule has 3 nitrogen and oxygen atoms in total. The third-order valence-corrected chi connectivity index (χ3v) is 2.52. The van der Waals surface area contributed by atoms with E-state index in [1.54, 1.807) is 0 Å². The van der Waals surface area contributed by atoms with Gasteiger partial charge in [-0.3, -0.25) is 5.10 Å². The minimum Gasteiger partial charge on any atom is -0.381 e. The molecule has 0 fully saturated rings. The number of fused-ring (bicyclic) bond motifs is 1. The molecule has 5 heteroatoms. The Labute approximate surface area is 65.8 Å². The molecule has 0 saturated carbocycles. The summed E-state index contributed by atoms with van der Waals surface area (Å²) in [6.45, 7) is 0. The Morgan fingerprint density at radius 3 is 3.20 bits per heavy atom. The average molecular weight is 174 g/mol. The molecule has 2 heterocycles. The van der Waals surface area contributed by atoms with Gasteiger partial charge in [0.1, 0.15) is 0 Å². The van der Waals surface area contributed by atoms with Crippen LogP contribution in [0.3, 0.4) is 0 Å². The van der Waals surface area contributed by atoms with E-state index >= 15 is 0 Å². The normalized spacial score (nSPS) is 10.9. The van der Waals surface area contributed by atoms with Crippen LogP contribution in [0, 0.1) is 0 Å². The minimum absolute atomic E-state index is 0.520. The van der Waals surface area contributed by atoms with Crippen LogP contribution in [0.15, 0.2) is 6.07 Å². The number of hydrogen-bond donors (Lipinski definition) is 2. The fourth-order valence-electron chi connectivity index (χ4n) is 0.806. The van der Waals surface area contributed by atoms with Crippen LogP contribution in [-0.2, 0) is 0 Å². The number of halogens is 1. The summed E-state index contributed by atoms with van der Waals surface area (Å²) >= 11 is 7.14. The van der Waals surface area contributed by atoms with E-state index < -0.39 is 0 Å². The van der Waals surface area contributed by atoms with Gasteiger partial charge in [-0.1, -0.05) is 11.6 Å². The van der Waals surface area contributed by atoms with Crippen molar-refractivity contribution >= 4 is 39.0 Å². The number of anilines is 1. The van der Waals surface area contributed by atoms with Crippen LogP contribution in [0.1, 0.15) is 0 Å². The summed E-state index contributed by atoms with van der Waals surface area (Å²) in [7, 11) is 0. The summed E-state index contributed by atoms with van der Waals surface area (Å²) in [6, 6.07) is 1.81. The van der Waals surface area contributed by atoms with Gasteiger partial charge in [0.2, 0.25) is 0 Å². The third kappa shape index (κ3) is 0.693. The lowest BCUT2D eigenvalue weighted by atomic mass is 10.5. The van der Waals surface area contributed by atoms with Gasteiger partial charge < -0.3 is 5.73 Å². The Bertz CT molecular complexity index is 364. The summed E-state index contributed by atoms with van der Waals surface area (Å²) in [5.74, 6) is 0.520. The topological polar surface area (TPSA) is 54.7 Å². The smallest absolute Gasteiger partial charge is 0.163 e. The SMILES string of the molecule is Nc1n[nH]c2cc(Cl)sc12. The molecule has 0 bridgehead atoms. The molecular weight excluding hydrogens is 170 g/mol. The number of H-pyrrole nitrogens is 1. The van der Waals surface area contributed by atoms with Gasteiger partial charge in [0, 0.05) is 0 Å². The molecule has 52 valence electrons. The molecule has 0 atom stereocenters. The summed E-state index contributed by atoms with van der Waals surface area (Å²) in [5.41, 5.74) is 6.41. The van der Waals surface area contributed by atoms with Crippen molar-refractivity contribution in [3.63, 3.8) is 0 Å². The highest BCUT2D eigenvalue weighted by Gasteiger charge is 2.04. The monoisotopic (exact) mass is 173 g/mol. The largest absolute Gasteiger partial charge is 0.381 e. The second-order valence-corrected chi connectivity index (χ2v) is 3.59. The second-order valence-electron chi connectivity index (χ2n) is 1.90. The number of thiophene rings is 1. The molecule has 0 saturated heterocycles. The van der Waals surface area contributed by atoms with Crippen molar-refractivity contribution in [3.05, 3.63) is 10.4 Å². The van der Waals surface area contributed by atoms with E-state index in [1.807, 2.05) is 6.07 Å². The summed E-state index contributed by atoms with van der Waals surface area (Å²) < 4.78 is 1.67. The lowest BCUT2D eigenvalue weighted by Crippen LogP contribution is -1.82. The van der Waals surface area contributed by atoms with Gasteiger partial charge in [-0.25, -0.2) is 0 Å². The first kappa shape index (κ1) is 6.00. The van der Waals surface area contributed by atoms with Gasteiger partial charge in [-0.2, -0.15) is 5.10 Å². The van der Waals surface area contributed by atoms with Crippen LogP contribution in [0.5, 0.6) is 0 Å². The molecule has 0 unspecified atom stereocenters. The number of aromatic nitrogens is 2. The van der Waals surface area contributed by atoms with E-state index in [9.17, 15) is 0 Å². The molecule has 0 radical (unpaired) electrons. The Balaban J connectivity index is 2.90. The number of nitrogens with two attached hydrogens (primary N) is 1. The molecule has 10 heavy (non-hydrogen) atoms. The summed E-state index contributed by atoms with van der Waals surface area (Å²) in [4.78, 5) is 0. The van der Waals surface area contributed by atoms with Crippen LogP contribution >= 0.6 is 22.9 Å². The fourth-order valence-corrected chi connectivity index (χ4v) is 1.88. The van der Waals surface area contributed by atoms with Gasteiger partial charge in [0.05, 0.1) is 14.6 Å². The van der Waals surface area contributed by atoms with Crippen LogP contribution < -0.4 is 5.73 Å². The van der Waals surface area contributed by atoms with Crippen molar-refractivity contribution < 1.29 is 0 Å². The highest BCUT2D eigenvalue weighted by atomic mass is 35.5. The van der Waals surface area contributed by atoms with E-state index in [2.05, 4.69) is 10.2 Å². The molecule has 0 aromatic carbocycles. The van der Waals surface area contributed by atoms with Gasteiger partial charge in [0.15, 0.2) is 5.82 Å². The van der Waals surface area contributed by atoms with Crippen LogP contribution in [0.4, 0.5) is 5.82 Å². The summed E-state index contributed by atoms with van der Waals surface area (Å²) in [5, 5.41) is 6.56. The lowest BCUT2D eigenvalue weighted by Gasteiger charge is -1.76. The second kappa shape index (κ2) is 1.87. The predicted octanol–water partition coefficient (Wildman–Crippen LogP) is 1.86. The van der Waals surface area contributed by atoms with E-state index in [0.717, 1.165) is 14.6 Å². The van der Waals surface area contributed by atoms with Crippen molar-refractivity contribution in [1.82, 2.24) is 10.2 Å². The van der Waals surface area contributed by atoms with E-state index in [1.165, 1.54) is 11.3 Å². The quantitative estimate of drug-likeness (QED) is 0.639. The maximum absolute atomic E-state index is 5.71. The van der Waals surface area contributed by atoms with Gasteiger partial charge >= 0.3 is 0 Å². The zero-order valence-electron chi connectivity index (χ0n) is 4.89. The maximum atomic E-state index is 5.71. The van der Waals surface area contributed by atoms with Gasteiger partial charge in [0.25, 0.3) is 0 Å². The first-order chi connectivity index (χ1) is 4.77. The predicted molar refractivity (Wildman–Crippen MR) is 43.4 cm³/mol. The minimum atomic E-state index is 0.520. The van der Waals surface area contributed by atoms with Crippen LogP contribution in [-0.4, -0.2) is 10.2 Å². The molecule has 2 aromatic heterocycles. The standard InChI is InChI=1S/C5H4ClN3S/c6-3-1-2-4(10-3)5(7)9-8-2/h1H,(H3,7,8,9). The maximum Gasteiger partial charge on any atom is 0.163 e. The zero-order chi connectivity index (χ0) is 7.14. The third-order valence-electron chi connectivity index (χ3n) is 1.23. The molecule has 0 aliphatic heterocycles. The van der Waals surface area contributed by atoms with Crippen molar-refractivity contribution in [2.75, 3.05) is 5.73 Å². The van der Waals surface area contributed by atoms with Crippen LogP contribution in [0.2, 0.25) is 4.34 Å². The number of aromatic amines is 1. The number of nitrogen functional groups attached to an aromatic ring is 1. The first-order valence-electron chi connectivity index (χ1n) is 2.66. The van der Waals surface area contributed by atoms with Crippen LogP contribution in [0.25, 0.3) is 10.2 Å². The number of rotatable bonds is 0. The van der Waals surface area contributed by atoms with E-state index in [4.69, 9.17) is 17.3 Å². The van der Waals surface area contributed by atoms with Crippen molar-refractivity contribution in [1.29, 1.82) is 0 Å². The zero-order valence-corrected chi connectivity index (χ0v) is 6.46. The molecule has 2 rings (SSSR count). The Morgan fingerprint density at radius 1 is 1.70 bits per heavy atom. The average Bonchev–Trinajstić information content (AvgIpc) is 2.35. The Kier molecular flexibility index (Phi) is 1.12. The molecule has 0 amide bonds. The molecule has 3 N–H and O–H groups in total. The van der Waals surface area contributed by atoms with E-state index in [-0.39, 0.29) is 0 Å². The molecule has 0 aliphatic carbocycles. The molecule has 0 spiro atoms. The lowest BCUT2D eigenvalue weighted by molar-refractivity contribution is 1.13. The number of nitrogens with zero attached hydrogens (tertiary/aromatic N) is 1. The summed E-state index contributed by atoms with van der Waals surface area (Å²) in [6.07, 6.45) is 0. The van der Waals surface area contributed by atoms with E-state index in [0.29, 0.717) is 5.82 Å². The Hall–Kier alpha value is -0.740. The van der Waals surface area contributed by atoms with Crippen molar-refractivity contribution in [3.8, 4) is 0 Å². The number of hydrogen-bond acceptors (Lipinski definition) is 3.